The highest BCUT2D eigenvalue weighted by molar-refractivity contribution is 7.91. The second-order valence-corrected chi connectivity index (χ2v) is 6.88. The highest BCUT2D eigenvalue weighted by Crippen LogP contribution is 2.08. The lowest BCUT2D eigenvalue weighted by Crippen LogP contribution is -2.50. The van der Waals surface area contributed by atoms with Gasteiger partial charge in [-0.2, -0.15) is 0 Å². The zero-order chi connectivity index (χ0) is 12.9. The van der Waals surface area contributed by atoms with Gasteiger partial charge >= 0.3 is 0 Å². The molecule has 0 aromatic rings. The molecule has 1 heterocycles. The lowest BCUT2D eigenvalue weighted by molar-refractivity contribution is -0.132. The van der Waals surface area contributed by atoms with Crippen LogP contribution in [0.3, 0.4) is 0 Å². The molecule has 5 nitrogen and oxygen atoms in total. The van der Waals surface area contributed by atoms with Gasteiger partial charge in [-0.3, -0.25) is 4.79 Å². The summed E-state index contributed by atoms with van der Waals surface area (Å²) in [6, 6.07) is -0.470. The van der Waals surface area contributed by atoms with Gasteiger partial charge in [-0.1, -0.05) is 26.2 Å². The fourth-order valence-electron chi connectivity index (χ4n) is 1.91. The molecule has 1 aliphatic rings. The van der Waals surface area contributed by atoms with Crippen molar-refractivity contribution in [1.82, 2.24) is 4.90 Å². The van der Waals surface area contributed by atoms with Gasteiger partial charge in [-0.15, -0.1) is 0 Å². The molecule has 0 spiro atoms. The standard InChI is InChI=1S/C11H22N2O3S/c1-2-3-4-5-10(12)11(14)13-6-8-17(15,16)9-7-13/h10H,2-9,12H2,1H3. The highest BCUT2D eigenvalue weighted by atomic mass is 32.2. The zero-order valence-electron chi connectivity index (χ0n) is 10.4. The Morgan fingerprint density at radius 3 is 2.41 bits per heavy atom. The quantitative estimate of drug-likeness (QED) is 0.715. The van der Waals surface area contributed by atoms with Crippen molar-refractivity contribution < 1.29 is 13.2 Å². The van der Waals surface area contributed by atoms with Crippen LogP contribution in [0.1, 0.15) is 32.6 Å². The van der Waals surface area contributed by atoms with E-state index in [1.807, 2.05) is 0 Å². The summed E-state index contributed by atoms with van der Waals surface area (Å²) in [7, 11) is -2.93. The van der Waals surface area contributed by atoms with E-state index in [0.29, 0.717) is 19.5 Å². The molecule has 0 bridgehead atoms. The molecule has 1 fully saturated rings. The molecular formula is C11H22N2O3S. The maximum atomic E-state index is 11.9. The van der Waals surface area contributed by atoms with Crippen molar-refractivity contribution in [3.63, 3.8) is 0 Å². The molecule has 2 N–H and O–H groups in total. The molecule has 0 saturated carbocycles. The normalized spacial score (nSPS) is 21.2. The third-order valence-corrected chi connectivity index (χ3v) is 4.70. The van der Waals surface area contributed by atoms with Crippen molar-refractivity contribution in [2.45, 2.75) is 38.6 Å². The molecule has 6 heteroatoms. The van der Waals surface area contributed by atoms with Crippen molar-refractivity contribution in [2.24, 2.45) is 5.73 Å². The number of nitrogens with zero attached hydrogens (tertiary/aromatic N) is 1. The molecule has 17 heavy (non-hydrogen) atoms. The first-order valence-electron chi connectivity index (χ1n) is 6.21. The first-order chi connectivity index (χ1) is 7.96. The Bertz CT molecular complexity index is 340. The van der Waals surface area contributed by atoms with Gasteiger partial charge in [0.15, 0.2) is 9.84 Å². The summed E-state index contributed by atoms with van der Waals surface area (Å²) in [6.45, 7) is 2.69. The predicted octanol–water partition coefficient (Wildman–Crippen LogP) is 0.151. The number of nitrogens with two attached hydrogens (primary N) is 1. The number of amides is 1. The minimum absolute atomic E-state index is 0.0699. The number of hydrogen-bond acceptors (Lipinski definition) is 4. The zero-order valence-corrected chi connectivity index (χ0v) is 11.2. The summed E-state index contributed by atoms with van der Waals surface area (Å²) in [4.78, 5) is 13.5. The first kappa shape index (κ1) is 14.4. The minimum atomic E-state index is -2.93. The monoisotopic (exact) mass is 262 g/mol. The molecular weight excluding hydrogens is 240 g/mol. The van der Waals surface area contributed by atoms with E-state index in [1.54, 1.807) is 4.90 Å². The molecule has 1 aliphatic heterocycles. The third-order valence-electron chi connectivity index (χ3n) is 3.09. The molecule has 0 aliphatic carbocycles. The average molecular weight is 262 g/mol. The van der Waals surface area contributed by atoms with E-state index < -0.39 is 15.9 Å². The van der Waals surface area contributed by atoms with Gasteiger partial charge in [0.2, 0.25) is 5.91 Å². The number of unbranched alkanes of at least 4 members (excludes halogenated alkanes) is 2. The van der Waals surface area contributed by atoms with Crippen molar-refractivity contribution in [3.8, 4) is 0 Å². The van der Waals surface area contributed by atoms with E-state index >= 15 is 0 Å². The number of carbonyl (C=O) groups excluding carboxylic acids is 1. The van der Waals surface area contributed by atoms with Crippen LogP contribution in [0.2, 0.25) is 0 Å². The highest BCUT2D eigenvalue weighted by Gasteiger charge is 2.27. The minimum Gasteiger partial charge on any atom is -0.339 e. The lowest BCUT2D eigenvalue weighted by Gasteiger charge is -2.29. The van der Waals surface area contributed by atoms with E-state index in [4.69, 9.17) is 5.73 Å². The van der Waals surface area contributed by atoms with Gasteiger partial charge in [0, 0.05) is 13.1 Å². The molecule has 1 atom stereocenters. The SMILES string of the molecule is CCCCCC(N)C(=O)N1CCS(=O)(=O)CC1. The van der Waals surface area contributed by atoms with E-state index in [2.05, 4.69) is 6.92 Å². The van der Waals surface area contributed by atoms with Gasteiger partial charge in [-0.05, 0) is 6.42 Å². The van der Waals surface area contributed by atoms with Crippen LogP contribution in [0.5, 0.6) is 0 Å². The summed E-state index contributed by atoms with van der Waals surface area (Å²) in [5.41, 5.74) is 5.82. The Hall–Kier alpha value is -0.620. The fourth-order valence-corrected chi connectivity index (χ4v) is 3.11. The van der Waals surface area contributed by atoms with Gasteiger partial charge in [-0.25, -0.2) is 8.42 Å². The summed E-state index contributed by atoms with van der Waals surface area (Å²) >= 11 is 0. The molecule has 100 valence electrons. The predicted molar refractivity (Wildman–Crippen MR) is 67.4 cm³/mol. The van der Waals surface area contributed by atoms with E-state index in [0.717, 1.165) is 19.3 Å². The van der Waals surface area contributed by atoms with E-state index in [1.165, 1.54) is 0 Å². The Balaban J connectivity index is 2.37. The maximum absolute atomic E-state index is 11.9. The van der Waals surface area contributed by atoms with Crippen LogP contribution in [-0.2, 0) is 14.6 Å². The Labute approximate surface area is 103 Å². The van der Waals surface area contributed by atoms with Crippen LogP contribution in [0, 0.1) is 0 Å². The molecule has 0 aromatic heterocycles. The summed E-state index contributed by atoms with van der Waals surface area (Å²) < 4.78 is 22.5. The van der Waals surface area contributed by atoms with Crippen LogP contribution < -0.4 is 5.73 Å². The van der Waals surface area contributed by atoms with Crippen LogP contribution in [0.15, 0.2) is 0 Å². The van der Waals surface area contributed by atoms with Crippen molar-refractivity contribution in [1.29, 1.82) is 0 Å². The van der Waals surface area contributed by atoms with Gasteiger partial charge < -0.3 is 10.6 Å². The molecule has 0 radical (unpaired) electrons. The fraction of sp³-hybridized carbons (Fsp3) is 0.909. The van der Waals surface area contributed by atoms with E-state index in [9.17, 15) is 13.2 Å². The third kappa shape index (κ3) is 4.63. The van der Waals surface area contributed by atoms with Crippen LogP contribution in [0.25, 0.3) is 0 Å². The number of hydrogen-bond donors (Lipinski definition) is 1. The number of sulfone groups is 1. The molecule has 1 rings (SSSR count). The molecule has 1 unspecified atom stereocenters. The molecule has 0 aromatic carbocycles. The largest absolute Gasteiger partial charge is 0.339 e. The van der Waals surface area contributed by atoms with Crippen LogP contribution in [-0.4, -0.2) is 49.9 Å². The topological polar surface area (TPSA) is 80.5 Å². The van der Waals surface area contributed by atoms with Gasteiger partial charge in [0.05, 0.1) is 17.5 Å². The van der Waals surface area contributed by atoms with Gasteiger partial charge in [0.1, 0.15) is 0 Å². The van der Waals surface area contributed by atoms with Crippen molar-refractivity contribution in [3.05, 3.63) is 0 Å². The second-order valence-electron chi connectivity index (χ2n) is 4.58. The summed E-state index contributed by atoms with van der Waals surface area (Å²) in [5.74, 6) is 0.0388. The lowest BCUT2D eigenvalue weighted by atomic mass is 10.1. The van der Waals surface area contributed by atoms with Crippen LogP contribution >= 0.6 is 0 Å². The van der Waals surface area contributed by atoms with Crippen molar-refractivity contribution >= 4 is 15.7 Å². The summed E-state index contributed by atoms with van der Waals surface area (Å²) in [6.07, 6.45) is 3.82. The smallest absolute Gasteiger partial charge is 0.239 e. The van der Waals surface area contributed by atoms with Crippen molar-refractivity contribution in [2.75, 3.05) is 24.6 Å². The molecule has 1 saturated heterocycles. The molecule has 1 amide bonds. The Morgan fingerprint density at radius 1 is 1.29 bits per heavy atom. The van der Waals surface area contributed by atoms with Gasteiger partial charge in [0.25, 0.3) is 0 Å². The van der Waals surface area contributed by atoms with E-state index in [-0.39, 0.29) is 17.4 Å². The second kappa shape index (κ2) is 6.35. The number of rotatable bonds is 5. The summed E-state index contributed by atoms with van der Waals surface area (Å²) in [5, 5.41) is 0. The Kier molecular flexibility index (Phi) is 5.39. The Morgan fingerprint density at radius 2 is 1.88 bits per heavy atom. The number of carbonyl (C=O) groups is 1. The first-order valence-corrected chi connectivity index (χ1v) is 8.03. The van der Waals surface area contributed by atoms with Crippen LogP contribution in [0.4, 0.5) is 0 Å². The average Bonchev–Trinajstić information content (AvgIpc) is 2.28. The maximum Gasteiger partial charge on any atom is 0.239 e.